The second-order valence-corrected chi connectivity index (χ2v) is 7.30. The van der Waals surface area contributed by atoms with E-state index in [0.29, 0.717) is 25.2 Å². The molecule has 1 fully saturated rings. The highest BCUT2D eigenvalue weighted by Crippen LogP contribution is 2.30. The van der Waals surface area contributed by atoms with Crippen molar-refractivity contribution in [3.63, 3.8) is 0 Å². The molecular weight excluding hydrogens is 384 g/mol. The third kappa shape index (κ3) is 3.44. The predicted molar refractivity (Wildman–Crippen MR) is 113 cm³/mol. The van der Waals surface area contributed by atoms with Crippen LogP contribution in [-0.4, -0.2) is 68.7 Å². The zero-order valence-electron chi connectivity index (χ0n) is 16.9. The summed E-state index contributed by atoms with van der Waals surface area (Å²) in [6, 6.07) is 6.22. The normalized spacial score (nSPS) is 18.6. The van der Waals surface area contributed by atoms with Gasteiger partial charge in [0, 0.05) is 44.4 Å². The molecule has 0 saturated heterocycles. The minimum Gasteiger partial charge on any atom is -0.382 e. The van der Waals surface area contributed by atoms with Gasteiger partial charge in [0.05, 0.1) is 25.0 Å². The molecule has 0 radical (unpaired) electrons. The lowest BCUT2D eigenvalue weighted by Gasteiger charge is -2.35. The molecular formula is C20H24N8O2. The SMILES string of the molecule is CNc1nc(NC2CC(OCCOC)C2)nn2ccc(-c3ccc4nccn4n3)c12. The van der Waals surface area contributed by atoms with Crippen molar-refractivity contribution in [2.24, 2.45) is 0 Å². The zero-order valence-corrected chi connectivity index (χ0v) is 16.9. The van der Waals surface area contributed by atoms with Crippen molar-refractivity contribution >= 4 is 22.9 Å². The Hall–Kier alpha value is -3.24. The van der Waals surface area contributed by atoms with Gasteiger partial charge in [0.2, 0.25) is 5.95 Å². The smallest absolute Gasteiger partial charge is 0.243 e. The van der Waals surface area contributed by atoms with E-state index in [1.54, 1.807) is 17.8 Å². The first-order valence-electron chi connectivity index (χ1n) is 10.00. The first-order chi connectivity index (χ1) is 14.7. The topological polar surface area (TPSA) is 103 Å². The van der Waals surface area contributed by atoms with Gasteiger partial charge < -0.3 is 20.1 Å². The van der Waals surface area contributed by atoms with Gasteiger partial charge in [-0.2, -0.15) is 10.1 Å². The Morgan fingerprint density at radius 3 is 2.83 bits per heavy atom. The fourth-order valence-corrected chi connectivity index (χ4v) is 3.73. The van der Waals surface area contributed by atoms with Gasteiger partial charge in [0.15, 0.2) is 11.5 Å². The van der Waals surface area contributed by atoms with Crippen LogP contribution in [0.1, 0.15) is 12.8 Å². The van der Waals surface area contributed by atoms with Gasteiger partial charge in [0.1, 0.15) is 5.52 Å². The van der Waals surface area contributed by atoms with Crippen molar-refractivity contribution in [2.45, 2.75) is 25.0 Å². The number of methoxy groups -OCH3 is 1. The number of hydrogen-bond acceptors (Lipinski definition) is 8. The number of aromatic nitrogens is 6. The molecule has 1 saturated carbocycles. The molecule has 1 aliphatic carbocycles. The third-order valence-corrected chi connectivity index (χ3v) is 5.35. The summed E-state index contributed by atoms with van der Waals surface area (Å²) in [6.07, 6.45) is 7.64. The van der Waals surface area contributed by atoms with Crippen LogP contribution < -0.4 is 10.6 Å². The number of ether oxygens (including phenoxy) is 2. The van der Waals surface area contributed by atoms with E-state index in [9.17, 15) is 0 Å². The quantitative estimate of drug-likeness (QED) is 0.427. The van der Waals surface area contributed by atoms with Crippen LogP contribution in [0.15, 0.2) is 36.8 Å². The van der Waals surface area contributed by atoms with Gasteiger partial charge in [-0.25, -0.2) is 14.0 Å². The van der Waals surface area contributed by atoms with Gasteiger partial charge in [-0.1, -0.05) is 0 Å². The van der Waals surface area contributed by atoms with Crippen LogP contribution in [0, 0.1) is 0 Å². The summed E-state index contributed by atoms with van der Waals surface area (Å²) in [4.78, 5) is 8.94. The van der Waals surface area contributed by atoms with Crippen LogP contribution in [0.4, 0.5) is 11.8 Å². The van der Waals surface area contributed by atoms with Crippen LogP contribution in [0.2, 0.25) is 0 Å². The molecule has 156 valence electrons. The minimum atomic E-state index is 0.271. The van der Waals surface area contributed by atoms with Crippen molar-refractivity contribution < 1.29 is 9.47 Å². The van der Waals surface area contributed by atoms with Crippen LogP contribution >= 0.6 is 0 Å². The van der Waals surface area contributed by atoms with Gasteiger partial charge >= 0.3 is 0 Å². The molecule has 1 aliphatic rings. The van der Waals surface area contributed by atoms with Gasteiger partial charge in [-0.3, -0.25) is 0 Å². The molecule has 5 rings (SSSR count). The molecule has 0 spiro atoms. The van der Waals surface area contributed by atoms with Crippen molar-refractivity contribution in [3.05, 3.63) is 36.8 Å². The fourth-order valence-electron chi connectivity index (χ4n) is 3.73. The third-order valence-electron chi connectivity index (χ3n) is 5.35. The van der Waals surface area contributed by atoms with E-state index >= 15 is 0 Å². The van der Waals surface area contributed by atoms with Crippen LogP contribution in [0.25, 0.3) is 22.4 Å². The average molecular weight is 408 g/mol. The Bertz CT molecular complexity index is 1160. The molecule has 4 heterocycles. The van der Waals surface area contributed by atoms with Crippen LogP contribution in [-0.2, 0) is 9.47 Å². The van der Waals surface area contributed by atoms with E-state index in [1.165, 1.54) is 0 Å². The minimum absolute atomic E-state index is 0.271. The Morgan fingerprint density at radius 2 is 2.00 bits per heavy atom. The monoisotopic (exact) mass is 408 g/mol. The highest BCUT2D eigenvalue weighted by atomic mass is 16.5. The Kier molecular flexibility index (Phi) is 4.93. The summed E-state index contributed by atoms with van der Waals surface area (Å²) < 4.78 is 14.4. The lowest BCUT2D eigenvalue weighted by atomic mass is 9.89. The second-order valence-electron chi connectivity index (χ2n) is 7.30. The molecule has 10 nitrogen and oxygen atoms in total. The van der Waals surface area contributed by atoms with Crippen molar-refractivity contribution in [1.29, 1.82) is 0 Å². The maximum absolute atomic E-state index is 5.74. The Balaban J connectivity index is 1.37. The summed E-state index contributed by atoms with van der Waals surface area (Å²) in [7, 11) is 3.54. The van der Waals surface area contributed by atoms with Crippen LogP contribution in [0.3, 0.4) is 0 Å². The van der Waals surface area contributed by atoms with E-state index < -0.39 is 0 Å². The first-order valence-corrected chi connectivity index (χ1v) is 10.00. The highest BCUT2D eigenvalue weighted by Gasteiger charge is 2.30. The van der Waals surface area contributed by atoms with Gasteiger partial charge in [-0.05, 0) is 31.0 Å². The first kappa shape index (κ1) is 18.8. The lowest BCUT2D eigenvalue weighted by molar-refractivity contribution is -0.0261. The molecule has 0 aromatic carbocycles. The summed E-state index contributed by atoms with van der Waals surface area (Å²) in [6.45, 7) is 1.25. The number of hydrogen-bond donors (Lipinski definition) is 2. The molecule has 2 N–H and O–H groups in total. The summed E-state index contributed by atoms with van der Waals surface area (Å²) in [5.74, 6) is 1.33. The molecule has 4 aromatic rings. The van der Waals surface area contributed by atoms with E-state index in [-0.39, 0.29) is 6.10 Å². The average Bonchev–Trinajstić information content (AvgIpc) is 3.37. The van der Waals surface area contributed by atoms with Crippen molar-refractivity contribution in [3.8, 4) is 11.3 Å². The number of anilines is 2. The predicted octanol–water partition coefficient (Wildman–Crippen LogP) is 2.09. The molecule has 4 aromatic heterocycles. The standard InChI is InChI=1S/C20H24N8O2/c1-21-19-18-15(16-3-4-17-22-6-8-27(17)25-16)5-7-28(18)26-20(24-19)23-13-11-14(12-13)30-10-9-29-2/h3-8,13-14H,9-12H2,1-2H3,(H2,21,23,24,26). The summed E-state index contributed by atoms with van der Waals surface area (Å²) >= 11 is 0. The Labute approximate surface area is 173 Å². The van der Waals surface area contributed by atoms with E-state index in [4.69, 9.17) is 14.5 Å². The number of nitrogens with zero attached hydrogens (tertiary/aromatic N) is 6. The zero-order chi connectivity index (χ0) is 20.5. The number of nitrogens with one attached hydrogen (secondary N) is 2. The van der Waals surface area contributed by atoms with Gasteiger partial charge in [-0.15, -0.1) is 5.10 Å². The molecule has 0 amide bonds. The number of fused-ring (bicyclic) bond motifs is 2. The molecule has 10 heteroatoms. The molecule has 0 bridgehead atoms. The van der Waals surface area contributed by atoms with Crippen molar-refractivity contribution in [2.75, 3.05) is 38.0 Å². The molecule has 0 unspecified atom stereocenters. The van der Waals surface area contributed by atoms with Gasteiger partial charge in [0.25, 0.3) is 0 Å². The summed E-state index contributed by atoms with van der Waals surface area (Å²) in [5.41, 5.74) is 3.48. The maximum atomic E-state index is 5.74. The van der Waals surface area contributed by atoms with Crippen LogP contribution in [0.5, 0.6) is 0 Å². The number of rotatable bonds is 8. The fraction of sp³-hybridized carbons (Fsp3) is 0.400. The van der Waals surface area contributed by atoms with E-state index in [2.05, 4.69) is 25.8 Å². The summed E-state index contributed by atoms with van der Waals surface area (Å²) in [5, 5.41) is 15.9. The van der Waals surface area contributed by atoms with Crippen molar-refractivity contribution in [1.82, 2.24) is 29.2 Å². The van der Waals surface area contributed by atoms with E-state index in [0.717, 1.165) is 41.1 Å². The van der Waals surface area contributed by atoms with E-state index in [1.807, 2.05) is 42.2 Å². The lowest BCUT2D eigenvalue weighted by Crippen LogP contribution is -2.41. The maximum Gasteiger partial charge on any atom is 0.243 e. The largest absolute Gasteiger partial charge is 0.382 e. The molecule has 0 atom stereocenters. The Morgan fingerprint density at radius 1 is 1.10 bits per heavy atom. The second kappa shape index (κ2) is 7.88. The highest BCUT2D eigenvalue weighted by molar-refractivity contribution is 5.87. The molecule has 0 aliphatic heterocycles. The number of imidazole rings is 1. The molecule has 30 heavy (non-hydrogen) atoms.